The van der Waals surface area contributed by atoms with Crippen molar-refractivity contribution in [2.75, 3.05) is 31.1 Å². The lowest BCUT2D eigenvalue weighted by atomic mass is 10.2. The molecular formula is C19H24N4O. The fourth-order valence-corrected chi connectivity index (χ4v) is 2.90. The number of aromatic nitrogens is 2. The van der Waals surface area contributed by atoms with Gasteiger partial charge in [-0.25, -0.2) is 9.97 Å². The van der Waals surface area contributed by atoms with Crippen LogP contribution >= 0.6 is 0 Å². The first-order chi connectivity index (χ1) is 11.5. The molecule has 5 nitrogen and oxygen atoms in total. The van der Waals surface area contributed by atoms with E-state index in [1.165, 1.54) is 0 Å². The number of carbonyl (C=O) groups excluding carboxylic acids is 1. The van der Waals surface area contributed by atoms with Crippen LogP contribution in [0.1, 0.15) is 41.6 Å². The normalized spacial score (nSPS) is 15.0. The first-order valence-electron chi connectivity index (χ1n) is 8.49. The van der Waals surface area contributed by atoms with E-state index < -0.39 is 0 Å². The lowest BCUT2D eigenvalue weighted by molar-refractivity contribution is 0.0746. The van der Waals surface area contributed by atoms with Crippen molar-refractivity contribution in [2.45, 2.75) is 26.7 Å². The number of benzene rings is 1. The van der Waals surface area contributed by atoms with Crippen LogP contribution in [0, 0.1) is 6.92 Å². The highest BCUT2D eigenvalue weighted by Gasteiger charge is 2.23. The van der Waals surface area contributed by atoms with Gasteiger partial charge in [0.1, 0.15) is 11.6 Å². The molecule has 1 aromatic carbocycles. The molecule has 0 bridgehead atoms. The van der Waals surface area contributed by atoms with Gasteiger partial charge in [0.2, 0.25) is 0 Å². The summed E-state index contributed by atoms with van der Waals surface area (Å²) in [6, 6.07) is 11.5. The van der Waals surface area contributed by atoms with Crippen LogP contribution < -0.4 is 4.90 Å². The van der Waals surface area contributed by atoms with E-state index in [1.807, 2.05) is 48.2 Å². The van der Waals surface area contributed by atoms with Gasteiger partial charge in [0, 0.05) is 49.4 Å². The average molecular weight is 324 g/mol. The van der Waals surface area contributed by atoms with Crippen molar-refractivity contribution in [3.05, 3.63) is 53.5 Å². The van der Waals surface area contributed by atoms with Gasteiger partial charge in [0.25, 0.3) is 5.91 Å². The molecule has 24 heavy (non-hydrogen) atoms. The van der Waals surface area contributed by atoms with Gasteiger partial charge in [0.15, 0.2) is 0 Å². The molecule has 1 fully saturated rings. The van der Waals surface area contributed by atoms with Crippen molar-refractivity contribution in [3.8, 4) is 0 Å². The third-order valence-electron chi connectivity index (χ3n) is 4.29. The second kappa shape index (κ2) is 6.99. The highest BCUT2D eigenvalue weighted by molar-refractivity contribution is 5.94. The first-order valence-corrected chi connectivity index (χ1v) is 8.49. The molecule has 0 atom stereocenters. The molecule has 1 aromatic heterocycles. The summed E-state index contributed by atoms with van der Waals surface area (Å²) < 4.78 is 0. The Morgan fingerprint density at radius 3 is 2.33 bits per heavy atom. The fraction of sp³-hybridized carbons (Fsp3) is 0.421. The Morgan fingerprint density at radius 2 is 1.71 bits per heavy atom. The van der Waals surface area contributed by atoms with Gasteiger partial charge < -0.3 is 9.80 Å². The largest absolute Gasteiger partial charge is 0.353 e. The number of anilines is 1. The summed E-state index contributed by atoms with van der Waals surface area (Å²) in [4.78, 5) is 25.9. The van der Waals surface area contributed by atoms with Crippen LogP contribution in [0.25, 0.3) is 0 Å². The van der Waals surface area contributed by atoms with Crippen molar-refractivity contribution in [2.24, 2.45) is 0 Å². The van der Waals surface area contributed by atoms with Crippen molar-refractivity contribution in [3.63, 3.8) is 0 Å². The smallest absolute Gasteiger partial charge is 0.253 e. The molecule has 0 radical (unpaired) electrons. The van der Waals surface area contributed by atoms with E-state index in [0.29, 0.717) is 19.0 Å². The van der Waals surface area contributed by atoms with Crippen LogP contribution in [-0.4, -0.2) is 47.0 Å². The van der Waals surface area contributed by atoms with E-state index in [-0.39, 0.29) is 5.91 Å². The van der Waals surface area contributed by atoms with Crippen molar-refractivity contribution < 1.29 is 4.79 Å². The molecule has 2 heterocycles. The van der Waals surface area contributed by atoms with Crippen LogP contribution in [0.4, 0.5) is 5.82 Å². The van der Waals surface area contributed by atoms with Crippen LogP contribution in [0.3, 0.4) is 0 Å². The summed E-state index contributed by atoms with van der Waals surface area (Å²) in [6.07, 6.45) is 0. The summed E-state index contributed by atoms with van der Waals surface area (Å²) in [7, 11) is 0. The van der Waals surface area contributed by atoms with Gasteiger partial charge in [0.05, 0.1) is 0 Å². The second-order valence-corrected chi connectivity index (χ2v) is 6.53. The topological polar surface area (TPSA) is 49.3 Å². The number of hydrogen-bond donors (Lipinski definition) is 0. The fourth-order valence-electron chi connectivity index (χ4n) is 2.90. The Bertz CT molecular complexity index is 707. The molecule has 3 rings (SSSR count). The molecule has 2 aromatic rings. The van der Waals surface area contributed by atoms with Crippen molar-refractivity contribution in [1.82, 2.24) is 14.9 Å². The first kappa shape index (κ1) is 16.4. The Labute approximate surface area is 143 Å². The van der Waals surface area contributed by atoms with E-state index in [4.69, 9.17) is 4.98 Å². The number of piperazine rings is 1. The summed E-state index contributed by atoms with van der Waals surface area (Å²) in [5.41, 5.74) is 1.75. The standard InChI is InChI=1S/C19H24N4O/c1-14(2)18-20-15(3)13-17(21-18)22-9-11-23(12-10-22)19(24)16-7-5-4-6-8-16/h4-8,13-14H,9-12H2,1-3H3. The summed E-state index contributed by atoms with van der Waals surface area (Å²) in [5, 5.41) is 0. The van der Waals surface area contributed by atoms with E-state index in [1.54, 1.807) is 0 Å². The van der Waals surface area contributed by atoms with E-state index in [0.717, 1.165) is 36.0 Å². The lowest BCUT2D eigenvalue weighted by Gasteiger charge is -2.35. The summed E-state index contributed by atoms with van der Waals surface area (Å²) >= 11 is 0. The second-order valence-electron chi connectivity index (χ2n) is 6.53. The third kappa shape index (κ3) is 3.55. The van der Waals surface area contributed by atoms with Crippen molar-refractivity contribution in [1.29, 1.82) is 0 Å². The molecule has 1 saturated heterocycles. The monoisotopic (exact) mass is 324 g/mol. The Morgan fingerprint density at radius 1 is 1.04 bits per heavy atom. The molecule has 0 spiro atoms. The van der Waals surface area contributed by atoms with Gasteiger partial charge >= 0.3 is 0 Å². The Kier molecular flexibility index (Phi) is 4.79. The van der Waals surface area contributed by atoms with Gasteiger partial charge in [-0.05, 0) is 19.1 Å². The zero-order valence-electron chi connectivity index (χ0n) is 14.6. The minimum Gasteiger partial charge on any atom is -0.353 e. The van der Waals surface area contributed by atoms with E-state index in [9.17, 15) is 4.79 Å². The number of amides is 1. The molecule has 1 aliphatic heterocycles. The van der Waals surface area contributed by atoms with E-state index >= 15 is 0 Å². The zero-order chi connectivity index (χ0) is 17.1. The number of aryl methyl sites for hydroxylation is 1. The van der Waals surface area contributed by atoms with Gasteiger partial charge in [-0.1, -0.05) is 32.0 Å². The van der Waals surface area contributed by atoms with Gasteiger partial charge in [-0.15, -0.1) is 0 Å². The SMILES string of the molecule is Cc1cc(N2CCN(C(=O)c3ccccc3)CC2)nc(C(C)C)n1. The highest BCUT2D eigenvalue weighted by Crippen LogP contribution is 2.19. The number of nitrogens with zero attached hydrogens (tertiary/aromatic N) is 4. The minimum absolute atomic E-state index is 0.108. The number of rotatable bonds is 3. The average Bonchev–Trinajstić information content (AvgIpc) is 2.61. The molecule has 0 N–H and O–H groups in total. The van der Waals surface area contributed by atoms with Gasteiger partial charge in [-0.3, -0.25) is 4.79 Å². The quantitative estimate of drug-likeness (QED) is 0.871. The molecule has 1 amide bonds. The number of hydrogen-bond acceptors (Lipinski definition) is 4. The summed E-state index contributed by atoms with van der Waals surface area (Å²) in [6.45, 7) is 9.25. The van der Waals surface area contributed by atoms with Crippen LogP contribution in [0.15, 0.2) is 36.4 Å². The molecule has 5 heteroatoms. The molecule has 0 saturated carbocycles. The van der Waals surface area contributed by atoms with Crippen LogP contribution in [0.5, 0.6) is 0 Å². The van der Waals surface area contributed by atoms with Crippen LogP contribution in [-0.2, 0) is 0 Å². The third-order valence-corrected chi connectivity index (χ3v) is 4.29. The van der Waals surface area contributed by atoms with E-state index in [2.05, 4.69) is 23.7 Å². The molecule has 126 valence electrons. The van der Waals surface area contributed by atoms with Crippen molar-refractivity contribution >= 4 is 11.7 Å². The van der Waals surface area contributed by atoms with Gasteiger partial charge in [-0.2, -0.15) is 0 Å². The zero-order valence-corrected chi connectivity index (χ0v) is 14.6. The molecule has 1 aliphatic rings. The molecule has 0 unspecified atom stereocenters. The number of carbonyl (C=O) groups is 1. The predicted molar refractivity (Wildman–Crippen MR) is 95.4 cm³/mol. The molecular weight excluding hydrogens is 300 g/mol. The maximum atomic E-state index is 12.5. The predicted octanol–water partition coefficient (Wildman–Crippen LogP) is 2.87. The Balaban J connectivity index is 1.68. The maximum absolute atomic E-state index is 12.5. The summed E-state index contributed by atoms with van der Waals surface area (Å²) in [5.74, 6) is 2.27. The highest BCUT2D eigenvalue weighted by atomic mass is 16.2. The Hall–Kier alpha value is -2.43. The molecule has 0 aliphatic carbocycles. The van der Waals surface area contributed by atoms with Crippen LogP contribution in [0.2, 0.25) is 0 Å². The maximum Gasteiger partial charge on any atom is 0.253 e. The minimum atomic E-state index is 0.108. The lowest BCUT2D eigenvalue weighted by Crippen LogP contribution is -2.49.